The Balaban J connectivity index is 2.08. The quantitative estimate of drug-likeness (QED) is 0.561. The summed E-state index contributed by atoms with van der Waals surface area (Å²) in [7, 11) is 0. The van der Waals surface area contributed by atoms with E-state index >= 15 is 0 Å². The number of ether oxygens (including phenoxy) is 1. The van der Waals surface area contributed by atoms with Gasteiger partial charge in [-0.1, -0.05) is 13.8 Å². The van der Waals surface area contributed by atoms with E-state index in [2.05, 4.69) is 0 Å². The summed E-state index contributed by atoms with van der Waals surface area (Å²) in [6, 6.07) is 0. The maximum Gasteiger partial charge on any atom is 0.306 e. The van der Waals surface area contributed by atoms with Gasteiger partial charge in [0.2, 0.25) is 0 Å². The minimum atomic E-state index is -0.0301. The monoisotopic (exact) mass is 142 g/mol. The van der Waals surface area contributed by atoms with Crippen LogP contribution in [0.5, 0.6) is 0 Å². The highest BCUT2D eigenvalue weighted by atomic mass is 16.5. The molecule has 0 aromatic rings. The van der Waals surface area contributed by atoms with E-state index in [9.17, 15) is 4.79 Å². The van der Waals surface area contributed by atoms with Gasteiger partial charge in [0.15, 0.2) is 0 Å². The molecule has 2 nitrogen and oxygen atoms in total. The fraction of sp³-hybridized carbons (Fsp3) is 0.875. The van der Waals surface area contributed by atoms with Gasteiger partial charge in [0.25, 0.3) is 0 Å². The average Bonchev–Trinajstić information content (AvgIpc) is 2.46. The zero-order chi connectivity index (χ0) is 7.56. The van der Waals surface area contributed by atoms with E-state index in [-0.39, 0.29) is 12.1 Å². The molecular formula is C8H14O2. The number of carbonyl (C=O) groups is 1. The van der Waals surface area contributed by atoms with Crippen molar-refractivity contribution in [2.24, 2.45) is 5.92 Å². The lowest BCUT2D eigenvalue weighted by atomic mass is 10.1. The van der Waals surface area contributed by atoms with Gasteiger partial charge in [-0.2, -0.15) is 0 Å². The van der Waals surface area contributed by atoms with Crippen LogP contribution in [0.1, 0.15) is 33.1 Å². The molecule has 0 heterocycles. The molecule has 1 aliphatic rings. The van der Waals surface area contributed by atoms with Crippen LogP contribution < -0.4 is 0 Å². The topological polar surface area (TPSA) is 26.3 Å². The third-order valence-corrected chi connectivity index (χ3v) is 1.40. The molecule has 0 atom stereocenters. The van der Waals surface area contributed by atoms with Crippen LogP contribution in [-0.4, -0.2) is 12.1 Å². The molecule has 0 amide bonds. The van der Waals surface area contributed by atoms with Gasteiger partial charge in [-0.15, -0.1) is 0 Å². The molecule has 0 aromatic carbocycles. The summed E-state index contributed by atoms with van der Waals surface area (Å²) >= 11 is 0. The van der Waals surface area contributed by atoms with Crippen LogP contribution in [0.25, 0.3) is 0 Å². The Bertz CT molecular complexity index is 119. The lowest BCUT2D eigenvalue weighted by Gasteiger charge is -2.03. The van der Waals surface area contributed by atoms with Crippen LogP contribution in [0.3, 0.4) is 0 Å². The Labute approximate surface area is 61.6 Å². The van der Waals surface area contributed by atoms with Crippen molar-refractivity contribution < 1.29 is 9.53 Å². The second kappa shape index (κ2) is 3.04. The fourth-order valence-corrected chi connectivity index (χ4v) is 0.753. The summed E-state index contributed by atoms with van der Waals surface area (Å²) in [4.78, 5) is 10.9. The summed E-state index contributed by atoms with van der Waals surface area (Å²) in [5.41, 5.74) is 0. The minimum Gasteiger partial charge on any atom is -0.462 e. The number of hydrogen-bond acceptors (Lipinski definition) is 2. The summed E-state index contributed by atoms with van der Waals surface area (Å²) in [5, 5.41) is 0. The fourth-order valence-electron chi connectivity index (χ4n) is 0.753. The molecule has 58 valence electrons. The van der Waals surface area contributed by atoms with Gasteiger partial charge in [-0.3, -0.25) is 4.79 Å². The molecular weight excluding hydrogens is 128 g/mol. The zero-order valence-corrected chi connectivity index (χ0v) is 6.59. The molecule has 1 fully saturated rings. The van der Waals surface area contributed by atoms with Crippen LogP contribution in [0.4, 0.5) is 0 Å². The predicted molar refractivity (Wildman–Crippen MR) is 38.6 cm³/mol. The van der Waals surface area contributed by atoms with Gasteiger partial charge >= 0.3 is 5.97 Å². The highest BCUT2D eigenvalue weighted by molar-refractivity contribution is 5.69. The van der Waals surface area contributed by atoms with Crippen molar-refractivity contribution in [2.75, 3.05) is 0 Å². The normalized spacial score (nSPS) is 17.5. The molecule has 1 aliphatic carbocycles. The molecule has 2 heteroatoms. The van der Waals surface area contributed by atoms with Gasteiger partial charge in [0, 0.05) is 6.42 Å². The summed E-state index contributed by atoms with van der Waals surface area (Å²) in [5.74, 6) is 0.392. The SMILES string of the molecule is CC(C)CC(=O)OC1CC1. The van der Waals surface area contributed by atoms with Gasteiger partial charge in [-0.05, 0) is 18.8 Å². The van der Waals surface area contributed by atoms with E-state index in [4.69, 9.17) is 4.74 Å². The first-order chi connectivity index (χ1) is 4.68. The van der Waals surface area contributed by atoms with Crippen molar-refractivity contribution in [3.63, 3.8) is 0 Å². The number of hydrogen-bond donors (Lipinski definition) is 0. The molecule has 10 heavy (non-hydrogen) atoms. The predicted octanol–water partition coefficient (Wildman–Crippen LogP) is 1.74. The Morgan fingerprint density at radius 2 is 2.20 bits per heavy atom. The van der Waals surface area contributed by atoms with Crippen molar-refractivity contribution in [1.82, 2.24) is 0 Å². The van der Waals surface area contributed by atoms with Crippen molar-refractivity contribution in [2.45, 2.75) is 39.2 Å². The second-order valence-corrected chi connectivity index (χ2v) is 3.29. The molecule has 0 saturated heterocycles. The first-order valence-corrected chi connectivity index (χ1v) is 3.88. The summed E-state index contributed by atoms with van der Waals surface area (Å²) in [6.07, 6.45) is 2.98. The highest BCUT2D eigenvalue weighted by Crippen LogP contribution is 2.24. The third kappa shape index (κ3) is 2.85. The van der Waals surface area contributed by atoms with E-state index in [0.29, 0.717) is 12.3 Å². The Hall–Kier alpha value is -0.530. The van der Waals surface area contributed by atoms with E-state index in [1.165, 1.54) is 0 Å². The molecule has 0 spiro atoms. The number of esters is 1. The second-order valence-electron chi connectivity index (χ2n) is 3.29. The molecule has 0 bridgehead atoms. The van der Waals surface area contributed by atoms with E-state index < -0.39 is 0 Å². The summed E-state index contributed by atoms with van der Waals surface area (Å²) in [6.45, 7) is 4.04. The first kappa shape index (κ1) is 7.58. The van der Waals surface area contributed by atoms with Crippen LogP contribution in [-0.2, 0) is 9.53 Å². The van der Waals surface area contributed by atoms with Crippen molar-refractivity contribution in [1.29, 1.82) is 0 Å². The maximum absolute atomic E-state index is 10.9. The molecule has 1 saturated carbocycles. The van der Waals surface area contributed by atoms with E-state index in [1.807, 2.05) is 13.8 Å². The van der Waals surface area contributed by atoms with E-state index in [0.717, 1.165) is 12.8 Å². The standard InChI is InChI=1S/C8H14O2/c1-6(2)5-8(9)10-7-3-4-7/h6-7H,3-5H2,1-2H3. The van der Waals surface area contributed by atoms with Crippen molar-refractivity contribution >= 4 is 5.97 Å². The Morgan fingerprint density at radius 1 is 1.60 bits per heavy atom. The smallest absolute Gasteiger partial charge is 0.306 e. The lowest BCUT2D eigenvalue weighted by molar-refractivity contribution is -0.145. The van der Waals surface area contributed by atoms with Gasteiger partial charge < -0.3 is 4.74 Å². The Morgan fingerprint density at radius 3 is 2.60 bits per heavy atom. The third-order valence-electron chi connectivity index (χ3n) is 1.40. The maximum atomic E-state index is 10.9. The van der Waals surface area contributed by atoms with Gasteiger partial charge in [0.1, 0.15) is 6.10 Å². The molecule has 0 radical (unpaired) electrons. The van der Waals surface area contributed by atoms with Crippen LogP contribution in [0.15, 0.2) is 0 Å². The van der Waals surface area contributed by atoms with Crippen molar-refractivity contribution in [3.05, 3.63) is 0 Å². The number of carbonyl (C=O) groups excluding carboxylic acids is 1. The van der Waals surface area contributed by atoms with Crippen LogP contribution >= 0.6 is 0 Å². The first-order valence-electron chi connectivity index (χ1n) is 3.88. The van der Waals surface area contributed by atoms with Gasteiger partial charge in [0.05, 0.1) is 0 Å². The Kier molecular flexibility index (Phi) is 2.30. The molecule has 0 unspecified atom stereocenters. The molecule has 0 aliphatic heterocycles. The molecule has 0 aromatic heterocycles. The lowest BCUT2D eigenvalue weighted by Crippen LogP contribution is -2.08. The van der Waals surface area contributed by atoms with E-state index in [1.54, 1.807) is 0 Å². The van der Waals surface area contributed by atoms with Crippen molar-refractivity contribution in [3.8, 4) is 0 Å². The van der Waals surface area contributed by atoms with Crippen LogP contribution in [0, 0.1) is 5.92 Å². The molecule has 1 rings (SSSR count). The summed E-state index contributed by atoms with van der Waals surface area (Å²) < 4.78 is 5.03. The average molecular weight is 142 g/mol. The highest BCUT2D eigenvalue weighted by Gasteiger charge is 2.25. The van der Waals surface area contributed by atoms with Crippen LogP contribution in [0.2, 0.25) is 0 Å². The zero-order valence-electron chi connectivity index (χ0n) is 6.59. The van der Waals surface area contributed by atoms with Gasteiger partial charge in [-0.25, -0.2) is 0 Å². The minimum absolute atomic E-state index is 0.0301. The molecule has 0 N–H and O–H groups in total. The largest absolute Gasteiger partial charge is 0.462 e. The number of rotatable bonds is 3.